The first-order valence-corrected chi connectivity index (χ1v) is 26.4. The summed E-state index contributed by atoms with van der Waals surface area (Å²) in [5, 5.41) is 0. The Morgan fingerprint density at radius 1 is 0.333 bits per heavy atom. The number of hydrogen-bond acceptors (Lipinski definition) is 6. The van der Waals surface area contributed by atoms with Crippen molar-refractivity contribution in [1.82, 2.24) is 0 Å². The van der Waals surface area contributed by atoms with Gasteiger partial charge in [0.2, 0.25) is 0 Å². The molecular formula is C57H98O6. The second-order valence-electron chi connectivity index (χ2n) is 17.4. The smallest absolute Gasteiger partial charge is 0.306 e. The van der Waals surface area contributed by atoms with Crippen molar-refractivity contribution in [3.63, 3.8) is 0 Å². The monoisotopic (exact) mass is 879 g/mol. The number of carbonyl (C=O) groups is 3. The Morgan fingerprint density at radius 2 is 0.635 bits per heavy atom. The lowest BCUT2D eigenvalue weighted by Gasteiger charge is -2.18. The van der Waals surface area contributed by atoms with E-state index in [2.05, 4.69) is 93.7 Å². The number of ether oxygens (including phenoxy) is 3. The first kappa shape index (κ1) is 59.9. The number of hydrogen-bond donors (Lipinski definition) is 0. The molecule has 0 amide bonds. The quantitative estimate of drug-likeness (QED) is 0.0262. The van der Waals surface area contributed by atoms with Crippen LogP contribution in [0.15, 0.2) is 72.9 Å². The number of allylic oxidation sites excluding steroid dienone is 12. The molecule has 0 aliphatic rings. The Morgan fingerprint density at radius 3 is 1.05 bits per heavy atom. The van der Waals surface area contributed by atoms with Gasteiger partial charge in [-0.05, 0) is 83.5 Å². The molecule has 0 saturated heterocycles. The second-order valence-corrected chi connectivity index (χ2v) is 17.4. The van der Waals surface area contributed by atoms with Crippen LogP contribution in [0.2, 0.25) is 0 Å². The largest absolute Gasteiger partial charge is 0.462 e. The van der Waals surface area contributed by atoms with Gasteiger partial charge in [-0.3, -0.25) is 14.4 Å². The molecule has 0 radical (unpaired) electrons. The molecule has 0 fully saturated rings. The Bertz CT molecular complexity index is 1190. The van der Waals surface area contributed by atoms with E-state index in [9.17, 15) is 14.4 Å². The zero-order chi connectivity index (χ0) is 45.8. The van der Waals surface area contributed by atoms with Crippen LogP contribution < -0.4 is 0 Å². The maximum atomic E-state index is 12.8. The van der Waals surface area contributed by atoms with Crippen LogP contribution in [0.3, 0.4) is 0 Å². The van der Waals surface area contributed by atoms with E-state index in [1.54, 1.807) is 0 Å². The minimum atomic E-state index is -0.799. The molecule has 0 aliphatic heterocycles. The Balaban J connectivity index is 4.47. The van der Waals surface area contributed by atoms with Crippen LogP contribution >= 0.6 is 0 Å². The van der Waals surface area contributed by atoms with Crippen LogP contribution in [0.1, 0.15) is 252 Å². The lowest BCUT2D eigenvalue weighted by Crippen LogP contribution is -2.30. The SMILES string of the molecule is CC/C=C\C/C=C\C/C=C\C/C=C\C/C=C\CCCC(=O)OC[C@H](COC(=O)CCCCCCC/C=C\CCCCCCCC)OC(=O)CCCCCCCCCCCCCCC. The van der Waals surface area contributed by atoms with Gasteiger partial charge in [0.05, 0.1) is 0 Å². The highest BCUT2D eigenvalue weighted by Gasteiger charge is 2.19. The molecule has 63 heavy (non-hydrogen) atoms. The fraction of sp³-hybridized carbons (Fsp3) is 0.737. The van der Waals surface area contributed by atoms with Crippen molar-refractivity contribution in [2.24, 2.45) is 0 Å². The van der Waals surface area contributed by atoms with Gasteiger partial charge in [0.15, 0.2) is 6.10 Å². The maximum Gasteiger partial charge on any atom is 0.306 e. The fourth-order valence-electron chi connectivity index (χ4n) is 7.24. The molecule has 0 heterocycles. The van der Waals surface area contributed by atoms with E-state index in [1.165, 1.54) is 122 Å². The third-order valence-electron chi connectivity index (χ3n) is 11.2. The molecule has 0 aromatic heterocycles. The van der Waals surface area contributed by atoms with Crippen LogP contribution in [0.25, 0.3) is 0 Å². The summed E-state index contributed by atoms with van der Waals surface area (Å²) in [6.45, 7) is 6.47. The fourth-order valence-corrected chi connectivity index (χ4v) is 7.24. The summed E-state index contributed by atoms with van der Waals surface area (Å²) in [5.41, 5.74) is 0. The number of rotatable bonds is 47. The zero-order valence-corrected chi connectivity index (χ0v) is 41.3. The van der Waals surface area contributed by atoms with E-state index in [0.717, 1.165) is 83.5 Å². The molecule has 0 aromatic rings. The molecule has 0 spiro atoms. The lowest BCUT2D eigenvalue weighted by molar-refractivity contribution is -0.167. The van der Waals surface area contributed by atoms with Crippen molar-refractivity contribution < 1.29 is 28.6 Å². The molecule has 0 N–H and O–H groups in total. The summed E-state index contributed by atoms with van der Waals surface area (Å²) >= 11 is 0. The highest BCUT2D eigenvalue weighted by molar-refractivity contribution is 5.71. The highest BCUT2D eigenvalue weighted by Crippen LogP contribution is 2.15. The van der Waals surface area contributed by atoms with E-state index >= 15 is 0 Å². The van der Waals surface area contributed by atoms with Crippen LogP contribution in [-0.2, 0) is 28.6 Å². The highest BCUT2D eigenvalue weighted by atomic mass is 16.6. The van der Waals surface area contributed by atoms with Gasteiger partial charge in [-0.25, -0.2) is 0 Å². The third kappa shape index (κ3) is 49.7. The predicted molar refractivity (Wildman–Crippen MR) is 270 cm³/mol. The Hall–Kier alpha value is -3.15. The molecule has 0 aliphatic carbocycles. The Kier molecular flexibility index (Phi) is 48.9. The number of esters is 3. The summed E-state index contributed by atoms with van der Waals surface area (Å²) in [7, 11) is 0. The third-order valence-corrected chi connectivity index (χ3v) is 11.2. The molecule has 0 rings (SSSR count). The molecular weight excluding hydrogens is 781 g/mol. The van der Waals surface area contributed by atoms with Crippen LogP contribution in [0, 0.1) is 0 Å². The van der Waals surface area contributed by atoms with Crippen LogP contribution in [0.4, 0.5) is 0 Å². The van der Waals surface area contributed by atoms with Gasteiger partial charge in [-0.2, -0.15) is 0 Å². The van der Waals surface area contributed by atoms with E-state index in [-0.39, 0.29) is 37.5 Å². The van der Waals surface area contributed by atoms with Gasteiger partial charge in [0.1, 0.15) is 13.2 Å². The second kappa shape index (κ2) is 51.5. The molecule has 0 saturated carbocycles. The molecule has 1 atom stereocenters. The normalized spacial score (nSPS) is 12.6. The van der Waals surface area contributed by atoms with Gasteiger partial charge >= 0.3 is 17.9 Å². The van der Waals surface area contributed by atoms with Crippen molar-refractivity contribution in [2.45, 2.75) is 258 Å². The van der Waals surface area contributed by atoms with Gasteiger partial charge in [-0.15, -0.1) is 0 Å². The summed E-state index contributed by atoms with van der Waals surface area (Å²) in [5.74, 6) is -0.959. The molecule has 6 heteroatoms. The maximum absolute atomic E-state index is 12.8. The molecule has 6 nitrogen and oxygen atoms in total. The number of carbonyl (C=O) groups excluding carboxylic acids is 3. The van der Waals surface area contributed by atoms with E-state index < -0.39 is 6.10 Å². The van der Waals surface area contributed by atoms with Gasteiger partial charge in [0.25, 0.3) is 0 Å². The first-order chi connectivity index (χ1) is 31.0. The minimum absolute atomic E-state index is 0.0957. The summed E-state index contributed by atoms with van der Waals surface area (Å²) in [6.07, 6.45) is 64.6. The van der Waals surface area contributed by atoms with Gasteiger partial charge in [0, 0.05) is 19.3 Å². The molecule has 362 valence electrons. The van der Waals surface area contributed by atoms with Crippen molar-refractivity contribution >= 4 is 17.9 Å². The van der Waals surface area contributed by atoms with E-state index in [4.69, 9.17) is 14.2 Å². The average Bonchev–Trinajstić information content (AvgIpc) is 3.28. The van der Waals surface area contributed by atoms with Crippen LogP contribution in [-0.4, -0.2) is 37.2 Å². The van der Waals surface area contributed by atoms with Crippen molar-refractivity contribution in [1.29, 1.82) is 0 Å². The first-order valence-electron chi connectivity index (χ1n) is 26.4. The predicted octanol–water partition coefficient (Wildman–Crippen LogP) is 17.4. The molecule has 0 aromatic carbocycles. The summed E-state index contributed by atoms with van der Waals surface area (Å²) in [4.78, 5) is 38.0. The van der Waals surface area contributed by atoms with E-state index in [0.29, 0.717) is 19.3 Å². The van der Waals surface area contributed by atoms with Crippen molar-refractivity contribution in [2.75, 3.05) is 13.2 Å². The van der Waals surface area contributed by atoms with Crippen molar-refractivity contribution in [3.8, 4) is 0 Å². The summed E-state index contributed by atoms with van der Waals surface area (Å²) in [6, 6.07) is 0. The molecule has 0 bridgehead atoms. The average molecular weight is 879 g/mol. The topological polar surface area (TPSA) is 78.9 Å². The standard InChI is InChI=1S/C57H98O6/c1-4-7-10-13-16-19-22-25-27-28-30-33-35-38-41-44-47-50-56(59)62-53-54(63-57(60)51-48-45-42-39-36-31-24-21-18-15-12-9-6-3)52-61-55(58)49-46-43-40-37-34-32-29-26-23-20-17-14-11-8-5-2/h7,10,16,19,25-27,29-30,33,38,41,54H,4-6,8-9,11-15,17-18,20-24,28,31-32,34-37,39-40,42-53H2,1-3H3/b10-7-,19-16-,27-25-,29-26-,33-30-,41-38-/t54-/m0/s1. The Labute approximate surface area is 389 Å². The number of unbranched alkanes of at least 4 members (excludes halogenated alkanes) is 24. The minimum Gasteiger partial charge on any atom is -0.462 e. The molecule has 0 unspecified atom stereocenters. The summed E-state index contributed by atoms with van der Waals surface area (Å²) < 4.78 is 16.8. The van der Waals surface area contributed by atoms with Gasteiger partial charge in [-0.1, -0.05) is 222 Å². The van der Waals surface area contributed by atoms with Crippen molar-refractivity contribution in [3.05, 3.63) is 72.9 Å². The zero-order valence-electron chi connectivity index (χ0n) is 41.3. The van der Waals surface area contributed by atoms with Gasteiger partial charge < -0.3 is 14.2 Å². The van der Waals surface area contributed by atoms with Crippen LogP contribution in [0.5, 0.6) is 0 Å². The lowest BCUT2D eigenvalue weighted by atomic mass is 10.0. The van der Waals surface area contributed by atoms with E-state index in [1.807, 2.05) is 0 Å².